The van der Waals surface area contributed by atoms with Gasteiger partial charge in [-0.05, 0) is 12.8 Å². The summed E-state index contributed by atoms with van der Waals surface area (Å²) in [7, 11) is 0. The molecule has 0 radical (unpaired) electrons. The van der Waals surface area contributed by atoms with Crippen molar-refractivity contribution >= 4 is 72.8 Å². The molecule has 0 aliphatic carbocycles. The predicted octanol–water partition coefficient (Wildman–Crippen LogP) is -7.08. The van der Waals surface area contributed by atoms with Gasteiger partial charge in [0.25, 0.3) is 0 Å². The van der Waals surface area contributed by atoms with Crippen molar-refractivity contribution in [2.75, 3.05) is 24.6 Å². The molecular weight excluding hydrogens is 775 g/mol. The number of nitrogens with one attached hydrogen (secondary N) is 4. The molecule has 0 unspecified atom stereocenters. The van der Waals surface area contributed by atoms with Crippen molar-refractivity contribution in [2.45, 2.75) is 49.9 Å². The summed E-state index contributed by atoms with van der Waals surface area (Å²) in [5, 5.41) is 46.2. The minimum atomic E-state index is -1.48. The largest absolute Gasteiger partial charge is 2.00 e. The summed E-state index contributed by atoms with van der Waals surface area (Å²) in [6.07, 6.45) is -0.595. The van der Waals surface area contributed by atoms with E-state index in [4.69, 9.17) is 21.7 Å². The molecule has 0 bridgehead atoms. The molecular formula is C20H32N6O12PtS2. The minimum Gasteiger partial charge on any atom is -0.548 e. The maximum atomic E-state index is 11.5. The zero-order valence-electron chi connectivity index (χ0n) is 21.3. The van der Waals surface area contributed by atoms with Crippen LogP contribution in [0.1, 0.15) is 25.7 Å². The second-order valence-electron chi connectivity index (χ2n) is 7.75. The van der Waals surface area contributed by atoms with Gasteiger partial charge in [-0.25, -0.2) is 0 Å². The van der Waals surface area contributed by atoms with Gasteiger partial charge in [-0.3, -0.25) is 28.8 Å². The maximum Gasteiger partial charge on any atom is 2.00 e. The maximum absolute atomic E-state index is 11.5. The number of carbonyl (C=O) groups excluding carboxylic acids is 6. The average Bonchev–Trinajstić information content (AvgIpc) is 2.89. The second-order valence-corrected chi connectivity index (χ2v) is 8.48. The predicted molar refractivity (Wildman–Crippen MR) is 137 cm³/mol. The number of thiol groups is 2. The van der Waals surface area contributed by atoms with E-state index in [-0.39, 0.29) is 58.3 Å². The van der Waals surface area contributed by atoms with E-state index in [1.54, 1.807) is 0 Å². The van der Waals surface area contributed by atoms with Crippen LogP contribution in [0.5, 0.6) is 0 Å². The van der Waals surface area contributed by atoms with Crippen LogP contribution >= 0.6 is 25.3 Å². The third-order valence-corrected chi connectivity index (χ3v) is 5.20. The van der Waals surface area contributed by atoms with Crippen molar-refractivity contribution in [2.24, 2.45) is 11.5 Å². The first-order valence-corrected chi connectivity index (χ1v) is 12.5. The zero-order valence-corrected chi connectivity index (χ0v) is 25.4. The van der Waals surface area contributed by atoms with Gasteiger partial charge in [-0.2, -0.15) is 25.3 Å². The molecule has 236 valence electrons. The Morgan fingerprint density at radius 1 is 0.707 bits per heavy atom. The molecule has 0 rings (SSSR count). The van der Waals surface area contributed by atoms with E-state index in [2.05, 4.69) is 41.2 Å². The van der Waals surface area contributed by atoms with Crippen molar-refractivity contribution in [1.82, 2.24) is 21.3 Å². The van der Waals surface area contributed by atoms with Crippen LogP contribution in [0.2, 0.25) is 0 Å². The minimum absolute atomic E-state index is 0. The first-order valence-electron chi connectivity index (χ1n) is 11.3. The van der Waals surface area contributed by atoms with Crippen LogP contribution in [0.25, 0.3) is 0 Å². The topological polar surface area (TPSA) is 323 Å². The summed E-state index contributed by atoms with van der Waals surface area (Å²) >= 11 is 7.72. The summed E-state index contributed by atoms with van der Waals surface area (Å²) < 4.78 is 0. The van der Waals surface area contributed by atoms with E-state index in [1.165, 1.54) is 0 Å². The molecule has 41 heavy (non-hydrogen) atoms. The number of carboxylic acid groups (broad SMARTS) is 4. The van der Waals surface area contributed by atoms with Crippen LogP contribution in [0, 0.1) is 0 Å². The summed E-state index contributed by atoms with van der Waals surface area (Å²) in [6.45, 7) is -1.25. The van der Waals surface area contributed by atoms with Gasteiger partial charge in [0, 0.05) is 30.4 Å². The van der Waals surface area contributed by atoms with Gasteiger partial charge in [0.1, 0.15) is 24.7 Å². The molecule has 0 aliphatic rings. The molecule has 0 fully saturated rings. The molecule has 0 saturated heterocycles. The van der Waals surface area contributed by atoms with E-state index in [1.807, 2.05) is 5.32 Å². The van der Waals surface area contributed by atoms with E-state index >= 15 is 0 Å². The molecule has 21 heteroatoms. The third kappa shape index (κ3) is 22.4. The molecule has 4 atom stereocenters. The number of rotatable bonds is 18. The molecule has 0 aromatic heterocycles. The molecule has 18 nitrogen and oxygen atoms in total. The van der Waals surface area contributed by atoms with Crippen molar-refractivity contribution < 1.29 is 79.8 Å². The first kappa shape index (κ1) is 42.5. The molecule has 10 N–H and O–H groups in total. The molecule has 4 amide bonds. The Bertz CT molecular complexity index is 857. The molecule has 0 aromatic carbocycles. The fourth-order valence-electron chi connectivity index (χ4n) is 2.30. The monoisotopic (exact) mass is 807 g/mol. The van der Waals surface area contributed by atoms with E-state index in [9.17, 15) is 48.6 Å². The van der Waals surface area contributed by atoms with Gasteiger partial charge < -0.3 is 62.7 Å². The van der Waals surface area contributed by atoms with Crippen LogP contribution in [0.4, 0.5) is 0 Å². The standard InChI is InChI=1S/2C10H17N3O6S.Pt/c2*11-5(10(18)19)1-2-7(14)13-6(4-20)9(17)12-3-8(15)16;/h2*5-6,20H,1-4,11H2,(H,12,17)(H,13,14)(H,15,16)(H,18,19);/q;;+2/p-2/t2*5-,6-;/m00./s1. The first-order chi connectivity index (χ1) is 18.5. The van der Waals surface area contributed by atoms with Crippen LogP contribution in [0.3, 0.4) is 0 Å². The number of amides is 4. The summed E-state index contributed by atoms with van der Waals surface area (Å²) in [5.41, 5.74) is 10.4. The van der Waals surface area contributed by atoms with Crippen LogP contribution in [-0.4, -0.2) is 106 Å². The quantitative estimate of drug-likeness (QED) is 0.0576. The Morgan fingerprint density at radius 2 is 1.10 bits per heavy atom. The van der Waals surface area contributed by atoms with E-state index in [0.29, 0.717) is 0 Å². The molecule has 0 heterocycles. The number of carbonyl (C=O) groups is 8. The summed E-state index contributed by atoms with van der Waals surface area (Å²) in [4.78, 5) is 87.2. The fraction of sp³-hybridized carbons (Fsp3) is 0.600. The molecule has 0 aliphatic heterocycles. The molecule has 0 aromatic rings. The van der Waals surface area contributed by atoms with Crippen molar-refractivity contribution in [3.63, 3.8) is 0 Å². The number of aliphatic carboxylic acids is 4. The van der Waals surface area contributed by atoms with Crippen molar-refractivity contribution in [3.05, 3.63) is 0 Å². The molecule has 0 saturated carbocycles. The summed E-state index contributed by atoms with van der Waals surface area (Å²) in [5.74, 6) is -8.05. The van der Waals surface area contributed by atoms with Gasteiger partial charge in [0.2, 0.25) is 23.6 Å². The van der Waals surface area contributed by atoms with Crippen molar-refractivity contribution in [3.8, 4) is 0 Å². The number of hydrogen-bond acceptors (Lipinski definition) is 14. The molecule has 0 spiro atoms. The smallest absolute Gasteiger partial charge is 0.548 e. The fourth-order valence-corrected chi connectivity index (χ4v) is 2.82. The van der Waals surface area contributed by atoms with Gasteiger partial charge in [0.05, 0.1) is 18.5 Å². The number of nitrogens with two attached hydrogens (primary N) is 2. The van der Waals surface area contributed by atoms with Gasteiger partial charge in [-0.15, -0.1) is 0 Å². The SMILES string of the molecule is N[C@@H](CCC(=O)N[C@@H](CS)C(=O)NCC(=O)O)C(=O)O.N[C@@H](CCC(=O)N[C@@H](CS)C(=O)NCC(=O)[O-])C(=O)[O-].[Pt+2]. The Morgan fingerprint density at radius 3 is 1.41 bits per heavy atom. The number of carboxylic acids is 4. The Balaban J connectivity index is -0.000000688. The van der Waals surface area contributed by atoms with Crippen LogP contribution < -0.4 is 42.9 Å². The van der Waals surface area contributed by atoms with Gasteiger partial charge in [-0.1, -0.05) is 0 Å². The van der Waals surface area contributed by atoms with Crippen LogP contribution in [0.15, 0.2) is 0 Å². The number of hydrogen-bond donors (Lipinski definition) is 10. The van der Waals surface area contributed by atoms with Crippen LogP contribution in [-0.2, 0) is 59.4 Å². The Labute approximate surface area is 259 Å². The van der Waals surface area contributed by atoms with Crippen molar-refractivity contribution in [1.29, 1.82) is 0 Å². The zero-order chi connectivity index (χ0) is 31.4. The third-order valence-electron chi connectivity index (χ3n) is 4.47. The normalized spacial score (nSPS) is 12.8. The Kier molecular flexibility index (Phi) is 24.6. The van der Waals surface area contributed by atoms with E-state index in [0.717, 1.165) is 0 Å². The Hall–Kier alpha value is -2.93. The second kappa shape index (κ2) is 23.7. The summed E-state index contributed by atoms with van der Waals surface area (Å²) in [6, 6.07) is -4.46. The average molecular weight is 808 g/mol. The van der Waals surface area contributed by atoms with Gasteiger partial charge in [0.15, 0.2) is 0 Å². The van der Waals surface area contributed by atoms with E-state index < -0.39 is 84.8 Å². The van der Waals surface area contributed by atoms with Gasteiger partial charge >= 0.3 is 33.0 Å².